The zero-order valence-corrected chi connectivity index (χ0v) is 20.8. The quantitative estimate of drug-likeness (QED) is 0.114. The fraction of sp³-hybridized carbons (Fsp3) is 0.259. The number of phenols is 5. The standard InChI is InChI=1S/C27H26O13/c1-11-17(9-14(28)19(20(11)31)21(32)12-5-3-2-4-6-12)39-27-25(36)24(35)23(34)18(40-27)10-38-26(37)13-7-15(29)22(33)16(30)8-13/h2-9,18,23-25,27-31,33-36H,10H2,1H3. The average Bonchev–Trinajstić information content (AvgIpc) is 2.93. The van der Waals surface area contributed by atoms with Gasteiger partial charge in [-0.1, -0.05) is 30.3 Å². The topological polar surface area (TPSA) is 224 Å². The van der Waals surface area contributed by atoms with Gasteiger partial charge in [-0.3, -0.25) is 4.79 Å². The molecule has 8 N–H and O–H groups in total. The van der Waals surface area contributed by atoms with Crippen molar-refractivity contribution in [2.24, 2.45) is 0 Å². The molecular weight excluding hydrogens is 532 g/mol. The van der Waals surface area contributed by atoms with Crippen LogP contribution in [0.5, 0.6) is 34.5 Å². The normalized spacial score (nSPS) is 22.4. The van der Waals surface area contributed by atoms with Crippen LogP contribution in [0.3, 0.4) is 0 Å². The number of carbonyl (C=O) groups is 2. The van der Waals surface area contributed by atoms with Crippen molar-refractivity contribution >= 4 is 11.8 Å². The van der Waals surface area contributed by atoms with E-state index in [1.54, 1.807) is 18.2 Å². The first-order valence-corrected chi connectivity index (χ1v) is 11.8. The number of carbonyl (C=O) groups excluding carboxylic acids is 2. The lowest BCUT2D eigenvalue weighted by Gasteiger charge is -2.40. The Morgan fingerprint density at radius 1 is 0.800 bits per heavy atom. The van der Waals surface area contributed by atoms with Gasteiger partial charge in [-0.05, 0) is 19.1 Å². The molecule has 0 radical (unpaired) electrons. The van der Waals surface area contributed by atoms with Crippen LogP contribution in [0.25, 0.3) is 0 Å². The van der Waals surface area contributed by atoms with Crippen LogP contribution >= 0.6 is 0 Å². The first-order chi connectivity index (χ1) is 18.9. The van der Waals surface area contributed by atoms with Gasteiger partial charge >= 0.3 is 5.97 Å². The molecule has 0 aromatic heterocycles. The largest absolute Gasteiger partial charge is 0.507 e. The lowest BCUT2D eigenvalue weighted by Crippen LogP contribution is -2.60. The van der Waals surface area contributed by atoms with E-state index in [4.69, 9.17) is 14.2 Å². The molecule has 1 heterocycles. The summed E-state index contributed by atoms with van der Waals surface area (Å²) in [5.41, 5.74) is -0.534. The predicted molar refractivity (Wildman–Crippen MR) is 133 cm³/mol. The van der Waals surface area contributed by atoms with Gasteiger partial charge in [0, 0.05) is 17.2 Å². The zero-order chi connectivity index (χ0) is 29.3. The number of esters is 1. The van der Waals surface area contributed by atoms with Crippen molar-refractivity contribution in [2.75, 3.05) is 6.61 Å². The second-order valence-electron chi connectivity index (χ2n) is 9.03. The van der Waals surface area contributed by atoms with Gasteiger partial charge in [0.05, 0.1) is 5.56 Å². The lowest BCUT2D eigenvalue weighted by molar-refractivity contribution is -0.277. The van der Waals surface area contributed by atoms with Crippen LogP contribution in [0.4, 0.5) is 0 Å². The molecule has 1 aliphatic rings. The van der Waals surface area contributed by atoms with E-state index >= 15 is 0 Å². The Labute approximate surface area is 226 Å². The molecule has 13 nitrogen and oxygen atoms in total. The Morgan fingerprint density at radius 2 is 1.43 bits per heavy atom. The van der Waals surface area contributed by atoms with E-state index < -0.39 is 77.8 Å². The molecule has 212 valence electrons. The highest BCUT2D eigenvalue weighted by Gasteiger charge is 2.46. The third kappa shape index (κ3) is 5.44. The van der Waals surface area contributed by atoms with Crippen LogP contribution in [0.2, 0.25) is 0 Å². The molecule has 0 spiro atoms. The molecule has 3 aromatic rings. The fourth-order valence-electron chi connectivity index (χ4n) is 4.05. The fourth-order valence-corrected chi connectivity index (χ4v) is 4.05. The van der Waals surface area contributed by atoms with Crippen molar-refractivity contribution in [3.8, 4) is 34.5 Å². The van der Waals surface area contributed by atoms with E-state index in [0.29, 0.717) is 0 Å². The molecule has 5 unspecified atom stereocenters. The van der Waals surface area contributed by atoms with Gasteiger partial charge in [0.25, 0.3) is 0 Å². The first kappa shape index (κ1) is 28.4. The van der Waals surface area contributed by atoms with Crippen LogP contribution in [0.1, 0.15) is 31.8 Å². The molecule has 1 aliphatic heterocycles. The third-order valence-electron chi connectivity index (χ3n) is 6.34. The van der Waals surface area contributed by atoms with E-state index in [1.165, 1.54) is 19.1 Å². The van der Waals surface area contributed by atoms with Crippen LogP contribution in [-0.2, 0) is 9.47 Å². The van der Waals surface area contributed by atoms with Gasteiger partial charge in [0.1, 0.15) is 53.8 Å². The van der Waals surface area contributed by atoms with Crippen molar-refractivity contribution < 1.29 is 64.7 Å². The van der Waals surface area contributed by atoms with Gasteiger partial charge < -0.3 is 55.1 Å². The van der Waals surface area contributed by atoms with Crippen molar-refractivity contribution in [1.29, 1.82) is 0 Å². The van der Waals surface area contributed by atoms with Crippen molar-refractivity contribution in [3.05, 3.63) is 70.8 Å². The van der Waals surface area contributed by atoms with Crippen LogP contribution in [-0.4, -0.2) is 89.9 Å². The Bertz CT molecular complexity index is 1400. The molecule has 1 fully saturated rings. The number of ether oxygens (including phenoxy) is 3. The summed E-state index contributed by atoms with van der Waals surface area (Å²) in [6.45, 7) is 0.681. The van der Waals surface area contributed by atoms with Crippen molar-refractivity contribution in [1.82, 2.24) is 0 Å². The summed E-state index contributed by atoms with van der Waals surface area (Å²) in [4.78, 5) is 25.2. The van der Waals surface area contributed by atoms with Gasteiger partial charge in [-0.25, -0.2) is 4.79 Å². The molecule has 0 bridgehead atoms. The summed E-state index contributed by atoms with van der Waals surface area (Å²) in [6, 6.07) is 10.6. The summed E-state index contributed by atoms with van der Waals surface area (Å²) in [6.07, 6.45) is -8.57. The SMILES string of the molecule is Cc1c(OC2OC(COC(=O)c3cc(O)c(O)c(O)c3)C(O)C(O)C2O)cc(O)c(C(=O)c2ccccc2)c1O. The summed E-state index contributed by atoms with van der Waals surface area (Å²) < 4.78 is 16.1. The highest BCUT2D eigenvalue weighted by molar-refractivity contribution is 6.12. The van der Waals surface area contributed by atoms with Gasteiger partial charge in [0.15, 0.2) is 17.2 Å². The highest BCUT2D eigenvalue weighted by Crippen LogP contribution is 2.40. The summed E-state index contributed by atoms with van der Waals surface area (Å²) in [5.74, 6) is -5.62. The molecular formula is C27H26O13. The molecule has 13 heteroatoms. The van der Waals surface area contributed by atoms with E-state index in [2.05, 4.69) is 0 Å². The first-order valence-electron chi connectivity index (χ1n) is 11.8. The predicted octanol–water partition coefficient (Wildman–Crippen LogP) is 0.797. The second kappa shape index (κ2) is 11.3. The molecule has 40 heavy (non-hydrogen) atoms. The van der Waals surface area contributed by atoms with Crippen LogP contribution in [0, 0.1) is 6.92 Å². The highest BCUT2D eigenvalue weighted by atomic mass is 16.7. The maximum absolute atomic E-state index is 12.8. The molecule has 0 aliphatic carbocycles. The smallest absolute Gasteiger partial charge is 0.338 e. The van der Waals surface area contributed by atoms with Gasteiger partial charge in [-0.2, -0.15) is 0 Å². The summed E-state index contributed by atoms with van der Waals surface area (Å²) in [7, 11) is 0. The Morgan fingerprint density at radius 3 is 2.05 bits per heavy atom. The number of phenolic OH excluding ortho intramolecular Hbond substituents is 5. The van der Waals surface area contributed by atoms with Crippen molar-refractivity contribution in [3.63, 3.8) is 0 Å². The number of aliphatic hydroxyl groups is 3. The van der Waals surface area contributed by atoms with Crippen LogP contribution in [0.15, 0.2) is 48.5 Å². The minimum Gasteiger partial charge on any atom is -0.507 e. The third-order valence-corrected chi connectivity index (χ3v) is 6.34. The second-order valence-corrected chi connectivity index (χ2v) is 9.03. The van der Waals surface area contributed by atoms with E-state index in [9.17, 15) is 50.4 Å². The number of ketones is 1. The number of rotatable bonds is 7. The van der Waals surface area contributed by atoms with Gasteiger partial charge in [-0.15, -0.1) is 0 Å². The zero-order valence-electron chi connectivity index (χ0n) is 20.8. The van der Waals surface area contributed by atoms with Crippen molar-refractivity contribution in [2.45, 2.75) is 37.6 Å². The monoisotopic (exact) mass is 558 g/mol. The number of hydrogen-bond acceptors (Lipinski definition) is 13. The summed E-state index contributed by atoms with van der Waals surface area (Å²) >= 11 is 0. The number of aromatic hydroxyl groups is 5. The average molecular weight is 558 g/mol. The molecule has 5 atom stereocenters. The molecule has 4 rings (SSSR count). The maximum Gasteiger partial charge on any atom is 0.338 e. The molecule has 3 aromatic carbocycles. The molecule has 1 saturated heterocycles. The van der Waals surface area contributed by atoms with E-state index in [-0.39, 0.29) is 28.0 Å². The Kier molecular flexibility index (Phi) is 8.02. The minimum absolute atomic E-state index is 0.0107. The lowest BCUT2D eigenvalue weighted by atomic mass is 9.98. The van der Waals surface area contributed by atoms with Gasteiger partial charge in [0.2, 0.25) is 12.1 Å². The number of aliphatic hydroxyl groups excluding tert-OH is 3. The van der Waals surface area contributed by atoms with E-state index in [1.807, 2.05) is 0 Å². The number of benzene rings is 3. The Hall–Kier alpha value is -4.56. The Balaban J connectivity index is 1.51. The van der Waals surface area contributed by atoms with Crippen LogP contribution < -0.4 is 4.74 Å². The molecule has 0 saturated carbocycles. The summed E-state index contributed by atoms with van der Waals surface area (Å²) in [5, 5.41) is 80.9. The minimum atomic E-state index is -1.84. The molecule has 0 amide bonds. The van der Waals surface area contributed by atoms with E-state index in [0.717, 1.165) is 18.2 Å². The number of hydrogen-bond donors (Lipinski definition) is 8. The maximum atomic E-state index is 12.8.